The molecule has 1 saturated carbocycles. The maximum atomic E-state index is 12.4. The maximum Gasteiger partial charge on any atom is 0.408 e. The second-order valence-electron chi connectivity index (χ2n) is 7.58. The minimum Gasteiger partial charge on any atom is -0.444 e. The summed E-state index contributed by atoms with van der Waals surface area (Å²) in [5.41, 5.74) is -0.557. The number of nitrogens with one attached hydrogen (secondary N) is 2. The van der Waals surface area contributed by atoms with E-state index >= 15 is 0 Å². The van der Waals surface area contributed by atoms with E-state index in [0.29, 0.717) is 18.9 Å². The lowest BCUT2D eigenvalue weighted by atomic mass is 9.84. The normalized spacial score (nSPS) is 17.4. The van der Waals surface area contributed by atoms with Gasteiger partial charge in [0.05, 0.1) is 0 Å². The molecule has 0 radical (unpaired) electrons. The third-order valence-corrected chi connectivity index (χ3v) is 4.13. The van der Waals surface area contributed by atoms with Crippen LogP contribution in [0.15, 0.2) is 0 Å². The molecule has 2 N–H and O–H groups in total. The third-order valence-electron chi connectivity index (χ3n) is 4.13. The molecule has 1 rings (SSSR count). The second-order valence-corrected chi connectivity index (χ2v) is 7.58. The van der Waals surface area contributed by atoms with Gasteiger partial charge in [0.25, 0.3) is 0 Å². The number of carbonyl (C=O) groups excluding carboxylic acids is 2. The van der Waals surface area contributed by atoms with Gasteiger partial charge in [-0.05, 0) is 39.5 Å². The van der Waals surface area contributed by atoms with E-state index in [9.17, 15) is 9.59 Å². The smallest absolute Gasteiger partial charge is 0.408 e. The molecule has 0 spiro atoms. The molecule has 0 aromatic heterocycles. The number of rotatable bonds is 7. The molecule has 23 heavy (non-hydrogen) atoms. The Labute approximate surface area is 140 Å². The fourth-order valence-electron chi connectivity index (χ4n) is 2.95. The van der Waals surface area contributed by atoms with Gasteiger partial charge in [-0.3, -0.25) is 4.79 Å². The van der Waals surface area contributed by atoms with E-state index in [0.717, 1.165) is 25.7 Å². The zero-order valence-corrected chi connectivity index (χ0v) is 15.2. The molecular weight excluding hydrogens is 292 g/mol. The van der Waals surface area contributed by atoms with Gasteiger partial charge in [-0.15, -0.1) is 0 Å². The van der Waals surface area contributed by atoms with Crippen LogP contribution in [0.3, 0.4) is 0 Å². The molecule has 0 unspecified atom stereocenters. The van der Waals surface area contributed by atoms with Crippen LogP contribution in [0.2, 0.25) is 0 Å². The first-order valence-electron chi connectivity index (χ1n) is 9.09. The Kier molecular flexibility index (Phi) is 8.42. The third kappa shape index (κ3) is 8.82. The Morgan fingerprint density at radius 2 is 1.83 bits per heavy atom. The summed E-state index contributed by atoms with van der Waals surface area (Å²) < 4.78 is 5.30. The van der Waals surface area contributed by atoms with Crippen molar-refractivity contribution in [2.75, 3.05) is 6.54 Å². The zero-order chi connectivity index (χ0) is 17.3. The first kappa shape index (κ1) is 19.8. The van der Waals surface area contributed by atoms with Crippen molar-refractivity contribution in [1.82, 2.24) is 10.6 Å². The molecule has 1 aliphatic carbocycles. The highest BCUT2D eigenvalue weighted by atomic mass is 16.6. The molecule has 0 heterocycles. The monoisotopic (exact) mass is 326 g/mol. The molecule has 0 bridgehead atoms. The van der Waals surface area contributed by atoms with Crippen molar-refractivity contribution in [2.24, 2.45) is 5.92 Å². The summed E-state index contributed by atoms with van der Waals surface area (Å²) in [5, 5.41) is 5.71. The minimum absolute atomic E-state index is 0.0881. The topological polar surface area (TPSA) is 67.4 Å². The largest absolute Gasteiger partial charge is 0.444 e. The predicted octanol–water partition coefficient (Wildman–Crippen LogP) is 3.77. The summed E-state index contributed by atoms with van der Waals surface area (Å²) in [6, 6.07) is -0.496. The highest BCUT2D eigenvalue weighted by molar-refractivity contribution is 5.85. The molecule has 1 fully saturated rings. The number of alkyl carbamates (subject to hydrolysis) is 1. The van der Waals surface area contributed by atoms with Crippen LogP contribution in [-0.4, -0.2) is 30.2 Å². The number of carbonyl (C=O) groups is 2. The number of hydrogen-bond donors (Lipinski definition) is 2. The SMILES string of the molecule is CCCCNC(=O)[C@H](CC1CCCCC1)NC(=O)OC(C)(C)C. The fourth-order valence-corrected chi connectivity index (χ4v) is 2.95. The van der Waals surface area contributed by atoms with Crippen molar-refractivity contribution < 1.29 is 14.3 Å². The van der Waals surface area contributed by atoms with Crippen LogP contribution in [0.25, 0.3) is 0 Å². The zero-order valence-electron chi connectivity index (χ0n) is 15.2. The van der Waals surface area contributed by atoms with Gasteiger partial charge in [-0.25, -0.2) is 4.79 Å². The number of ether oxygens (including phenoxy) is 1. The van der Waals surface area contributed by atoms with E-state index in [1.54, 1.807) is 0 Å². The van der Waals surface area contributed by atoms with Crippen LogP contribution >= 0.6 is 0 Å². The molecule has 134 valence electrons. The first-order chi connectivity index (χ1) is 10.8. The van der Waals surface area contributed by atoms with E-state index in [1.165, 1.54) is 19.3 Å². The summed E-state index contributed by atoms with van der Waals surface area (Å²) in [7, 11) is 0. The molecule has 2 amide bonds. The molecule has 0 aromatic carbocycles. The summed E-state index contributed by atoms with van der Waals surface area (Å²) in [6.07, 6.45) is 8.21. The van der Waals surface area contributed by atoms with Crippen molar-refractivity contribution in [3.8, 4) is 0 Å². The standard InChI is InChI=1S/C18H34N2O3/c1-5-6-12-19-16(21)15(13-14-10-8-7-9-11-14)20-17(22)23-18(2,3)4/h14-15H,5-13H2,1-4H3,(H,19,21)(H,20,22)/t15-/m0/s1. The lowest BCUT2D eigenvalue weighted by Crippen LogP contribution is -2.49. The van der Waals surface area contributed by atoms with Gasteiger partial charge in [-0.2, -0.15) is 0 Å². The summed E-state index contributed by atoms with van der Waals surface area (Å²) in [6.45, 7) is 8.22. The highest BCUT2D eigenvalue weighted by Gasteiger charge is 2.27. The van der Waals surface area contributed by atoms with Gasteiger partial charge in [0.15, 0.2) is 0 Å². The number of hydrogen-bond acceptors (Lipinski definition) is 3. The van der Waals surface area contributed by atoms with Gasteiger partial charge in [-0.1, -0.05) is 45.4 Å². The van der Waals surface area contributed by atoms with Crippen LogP contribution in [0.4, 0.5) is 4.79 Å². The average molecular weight is 326 g/mol. The predicted molar refractivity (Wildman–Crippen MR) is 92.3 cm³/mol. The molecule has 5 nitrogen and oxygen atoms in total. The minimum atomic E-state index is -0.557. The maximum absolute atomic E-state index is 12.4. The van der Waals surface area contributed by atoms with E-state index in [4.69, 9.17) is 4.74 Å². The van der Waals surface area contributed by atoms with Crippen molar-refractivity contribution in [3.63, 3.8) is 0 Å². The van der Waals surface area contributed by atoms with Crippen LogP contribution in [0.5, 0.6) is 0 Å². The van der Waals surface area contributed by atoms with Gasteiger partial charge >= 0.3 is 6.09 Å². The molecule has 5 heteroatoms. The summed E-state index contributed by atoms with van der Waals surface area (Å²) in [5.74, 6) is 0.426. The van der Waals surface area contributed by atoms with E-state index in [-0.39, 0.29) is 5.91 Å². The van der Waals surface area contributed by atoms with Gasteiger partial charge in [0, 0.05) is 6.54 Å². The molecule has 0 saturated heterocycles. The number of unbranched alkanes of at least 4 members (excludes halogenated alkanes) is 1. The van der Waals surface area contributed by atoms with Crippen molar-refractivity contribution in [3.05, 3.63) is 0 Å². The summed E-state index contributed by atoms with van der Waals surface area (Å²) in [4.78, 5) is 24.4. The Morgan fingerprint density at radius 1 is 1.17 bits per heavy atom. The van der Waals surface area contributed by atoms with Crippen molar-refractivity contribution >= 4 is 12.0 Å². The Morgan fingerprint density at radius 3 is 2.39 bits per heavy atom. The van der Waals surface area contributed by atoms with Crippen LogP contribution < -0.4 is 10.6 Å². The Bertz CT molecular complexity index is 371. The lowest BCUT2D eigenvalue weighted by Gasteiger charge is -2.28. The molecular formula is C18H34N2O3. The highest BCUT2D eigenvalue weighted by Crippen LogP contribution is 2.27. The lowest BCUT2D eigenvalue weighted by molar-refractivity contribution is -0.123. The van der Waals surface area contributed by atoms with E-state index < -0.39 is 17.7 Å². The van der Waals surface area contributed by atoms with E-state index in [2.05, 4.69) is 17.6 Å². The van der Waals surface area contributed by atoms with Crippen molar-refractivity contribution in [1.29, 1.82) is 0 Å². The van der Waals surface area contributed by atoms with Gasteiger partial charge in [0.2, 0.25) is 5.91 Å². The van der Waals surface area contributed by atoms with Gasteiger partial charge in [0.1, 0.15) is 11.6 Å². The Balaban J connectivity index is 2.58. The van der Waals surface area contributed by atoms with Crippen molar-refractivity contribution in [2.45, 2.75) is 90.7 Å². The Hall–Kier alpha value is -1.26. The molecule has 1 aliphatic rings. The van der Waals surface area contributed by atoms with E-state index in [1.807, 2.05) is 20.8 Å². The number of amides is 2. The second kappa shape index (κ2) is 9.78. The van der Waals surface area contributed by atoms with Crippen LogP contribution in [-0.2, 0) is 9.53 Å². The van der Waals surface area contributed by atoms with Crippen LogP contribution in [0, 0.1) is 5.92 Å². The fraction of sp³-hybridized carbons (Fsp3) is 0.889. The summed E-state index contributed by atoms with van der Waals surface area (Å²) >= 11 is 0. The van der Waals surface area contributed by atoms with Crippen LogP contribution in [0.1, 0.15) is 79.1 Å². The average Bonchev–Trinajstić information content (AvgIpc) is 2.46. The van der Waals surface area contributed by atoms with Gasteiger partial charge < -0.3 is 15.4 Å². The first-order valence-corrected chi connectivity index (χ1v) is 9.09. The molecule has 0 aliphatic heterocycles. The quantitative estimate of drug-likeness (QED) is 0.700. The molecule has 0 aromatic rings. The molecule has 1 atom stereocenters.